The summed E-state index contributed by atoms with van der Waals surface area (Å²) in [6, 6.07) is 14.6. The Morgan fingerprint density at radius 1 is 0.492 bits per heavy atom. The Balaban J connectivity index is 0.000000158. The largest absolute Gasteiger partial charge is 0.462 e. The number of likely N-dealkylation sites (N-methyl/N-ethyl adjacent to an activating group) is 3. The number of ether oxygens (including phenoxy) is 3. The molecule has 3 aromatic heterocycles. The minimum Gasteiger partial charge on any atom is -0.462 e. The van der Waals surface area contributed by atoms with E-state index in [2.05, 4.69) is 103 Å². The van der Waals surface area contributed by atoms with Gasteiger partial charge in [-0.2, -0.15) is 43.1 Å². The molecule has 6 fully saturated rings. The summed E-state index contributed by atoms with van der Waals surface area (Å²) < 4.78 is 74.9. The number of aromatic nitrogens is 6. The highest BCUT2D eigenvalue weighted by molar-refractivity contribution is 6.34. The molecule has 0 radical (unpaired) electrons. The monoisotopic (exact) mass is 1710 g/mol. The molecule has 7 atom stereocenters. The maximum Gasteiger partial charge on any atom is 0.419 e. The third-order valence-corrected chi connectivity index (χ3v) is 26.1. The molecule has 648 valence electrons. The lowest BCUT2D eigenvalue weighted by Gasteiger charge is -2.41. The Kier molecular flexibility index (Phi) is 29.0. The van der Waals surface area contributed by atoms with Gasteiger partial charge in [0.1, 0.15) is 61.2 Å². The molecule has 15 rings (SSSR count). The van der Waals surface area contributed by atoms with Gasteiger partial charge in [-0.25, -0.2) is 24.1 Å². The fourth-order valence-electron chi connectivity index (χ4n) is 18.4. The number of likely N-dealkylation sites (tertiary alicyclic amines) is 3. The van der Waals surface area contributed by atoms with Crippen LogP contribution in [0.25, 0.3) is 14.5 Å². The Hall–Kier alpha value is -10.6. The van der Waals surface area contributed by atoms with Crippen molar-refractivity contribution in [1.82, 2.24) is 59.3 Å². The predicted molar refractivity (Wildman–Crippen MR) is 465 cm³/mol. The number of hydrogen-bond acceptors (Lipinski definition) is 21. The predicted octanol–water partition coefficient (Wildman–Crippen LogP) is 11.5. The van der Waals surface area contributed by atoms with Crippen LogP contribution in [0, 0.1) is 52.2 Å². The van der Waals surface area contributed by atoms with Crippen molar-refractivity contribution >= 4 is 75.4 Å². The first-order valence-corrected chi connectivity index (χ1v) is 42.8. The van der Waals surface area contributed by atoms with E-state index in [4.69, 9.17) is 87.0 Å². The van der Waals surface area contributed by atoms with Crippen LogP contribution in [-0.2, 0) is 59.5 Å². The fourth-order valence-corrected chi connectivity index (χ4v) is 18.9. The van der Waals surface area contributed by atoms with Crippen molar-refractivity contribution in [2.75, 3.05) is 188 Å². The van der Waals surface area contributed by atoms with Gasteiger partial charge in [0.05, 0.1) is 63.7 Å². The zero-order chi connectivity index (χ0) is 86.8. The van der Waals surface area contributed by atoms with Gasteiger partial charge >= 0.3 is 24.2 Å². The Morgan fingerprint density at radius 2 is 0.893 bits per heavy atom. The molecule has 0 unspecified atom stereocenters. The summed E-state index contributed by atoms with van der Waals surface area (Å²) in [5, 5.41) is 0.414. The molecule has 0 aliphatic carbocycles. The van der Waals surface area contributed by atoms with E-state index in [0.717, 1.165) is 138 Å². The molecular formula is C89H109Cl2F4N21O6. The van der Waals surface area contributed by atoms with Crippen LogP contribution in [-0.4, -0.2) is 272 Å². The van der Waals surface area contributed by atoms with Crippen LogP contribution in [0.4, 0.5) is 52.1 Å². The van der Waals surface area contributed by atoms with E-state index in [1.54, 1.807) is 19.6 Å². The molecule has 6 saturated heterocycles. The topological polar surface area (TPSA) is 208 Å². The van der Waals surface area contributed by atoms with Gasteiger partial charge in [-0.1, -0.05) is 68.1 Å². The molecular weight excluding hydrogens is 1610 g/mol. The summed E-state index contributed by atoms with van der Waals surface area (Å²) in [6.07, 6.45) is 6.67. The van der Waals surface area contributed by atoms with Crippen LogP contribution in [0.3, 0.4) is 0 Å². The summed E-state index contributed by atoms with van der Waals surface area (Å²) in [5.41, 5.74) is 9.22. The smallest absolute Gasteiger partial charge is 0.419 e. The highest BCUT2D eigenvalue weighted by Crippen LogP contribution is 2.45. The molecule has 3 amide bonds. The van der Waals surface area contributed by atoms with Crippen molar-refractivity contribution in [3.8, 4) is 18.0 Å². The Morgan fingerprint density at radius 3 is 1.28 bits per heavy atom. The minimum absolute atomic E-state index is 0.00326. The maximum absolute atomic E-state index is 14.2. The van der Waals surface area contributed by atoms with E-state index >= 15 is 0 Å². The fraction of sp³-hybridized carbons (Fsp3) is 0.528. The number of aryl methyl sites for hydroxylation is 1. The van der Waals surface area contributed by atoms with Crippen molar-refractivity contribution in [2.45, 2.75) is 141 Å². The van der Waals surface area contributed by atoms with E-state index in [9.17, 15) is 31.9 Å². The lowest BCUT2D eigenvalue weighted by atomic mass is 10.0. The Bertz CT molecular complexity index is 4990. The van der Waals surface area contributed by atoms with Gasteiger partial charge < -0.3 is 82.6 Å². The van der Waals surface area contributed by atoms with Crippen molar-refractivity contribution in [1.29, 1.82) is 0 Å². The molecule has 122 heavy (non-hydrogen) atoms. The summed E-state index contributed by atoms with van der Waals surface area (Å²) in [7, 11) is 6.30. The van der Waals surface area contributed by atoms with E-state index in [-0.39, 0.29) is 90.6 Å². The third kappa shape index (κ3) is 20.2. The molecule has 0 bridgehead atoms. The van der Waals surface area contributed by atoms with Gasteiger partial charge in [-0.3, -0.25) is 19.3 Å². The quantitative estimate of drug-likeness (QED) is 0.0373. The van der Waals surface area contributed by atoms with Crippen molar-refractivity contribution in [3.05, 3.63) is 193 Å². The summed E-state index contributed by atoms with van der Waals surface area (Å²) in [5.74, 6) is 2.15. The van der Waals surface area contributed by atoms with Crippen LogP contribution in [0.2, 0.25) is 10.0 Å². The normalized spacial score (nSPS) is 21.8. The van der Waals surface area contributed by atoms with Crippen LogP contribution < -0.4 is 43.6 Å². The molecule has 0 N–H and O–H groups in total. The van der Waals surface area contributed by atoms with Crippen LogP contribution >= 0.6 is 23.2 Å². The third-order valence-electron chi connectivity index (χ3n) is 25.3. The number of piperazine rings is 3. The SMILES string of the molecule is [C-]#[N+]C[C@H]1CN(c2nc(OC[C@@H]3CCCN3C)nc3c2CCN(c2ccc(F)c(C)c2C)C3)CCN1C(=O)C=C.[C-]#[N+]C[C@H]1CN(c2nc(OC[C@@H]3CCCN3C)nc3c2CCN(c2cccc(C)c2Cl)C3)CCN1C(=O)C=C.[C-]#[N+]C[C@H]1CN(c2nc(OC[C@@H]3C[C@@H](C)CN3C)nc3c2CCN(c2cccc(Cl)c2C(F)(F)F)C3)CCN1C(=O)C=C. The van der Waals surface area contributed by atoms with Crippen LogP contribution in [0.1, 0.15) is 95.1 Å². The number of hydrogen-bond donors (Lipinski definition) is 0. The first kappa shape index (κ1) is 89.1. The molecule has 27 nitrogen and oxygen atoms in total. The number of benzene rings is 3. The van der Waals surface area contributed by atoms with Crippen molar-refractivity contribution in [3.63, 3.8) is 0 Å². The zero-order valence-electron chi connectivity index (χ0n) is 70.7. The van der Waals surface area contributed by atoms with E-state index in [1.807, 2.05) is 43.9 Å². The maximum atomic E-state index is 14.2. The van der Waals surface area contributed by atoms with Crippen molar-refractivity contribution < 1.29 is 46.2 Å². The number of fused-ring (bicyclic) bond motifs is 3. The average Bonchev–Trinajstić information content (AvgIpc) is 0.801. The number of rotatable bonds is 21. The summed E-state index contributed by atoms with van der Waals surface area (Å²) in [6.45, 7) is 54.0. The Labute approximate surface area is 722 Å². The minimum atomic E-state index is -4.62. The van der Waals surface area contributed by atoms with E-state index < -0.39 is 11.7 Å². The van der Waals surface area contributed by atoms with Gasteiger partial charge in [0.25, 0.3) is 0 Å². The number of halogens is 6. The summed E-state index contributed by atoms with van der Waals surface area (Å²) >= 11 is 12.7. The molecule has 12 heterocycles. The second-order valence-electron chi connectivity index (χ2n) is 33.1. The second kappa shape index (κ2) is 39.7. The number of carbonyl (C=O) groups is 3. The van der Waals surface area contributed by atoms with Crippen molar-refractivity contribution in [2.24, 2.45) is 5.92 Å². The highest BCUT2D eigenvalue weighted by Gasteiger charge is 2.43. The number of nitrogens with zero attached hydrogens (tertiary/aromatic N) is 21. The van der Waals surface area contributed by atoms with Gasteiger partial charge in [-0.05, 0) is 178 Å². The molecule has 0 saturated carbocycles. The molecule has 0 spiro atoms. The van der Waals surface area contributed by atoms with Crippen LogP contribution in [0.5, 0.6) is 18.0 Å². The van der Waals surface area contributed by atoms with E-state index in [1.165, 1.54) is 48.9 Å². The zero-order valence-corrected chi connectivity index (χ0v) is 72.3. The van der Waals surface area contributed by atoms with Crippen LogP contribution in [0.15, 0.2) is 86.5 Å². The lowest BCUT2D eigenvalue weighted by molar-refractivity contribution is -0.137. The van der Waals surface area contributed by atoms with Gasteiger partial charge in [-0.15, -0.1) is 0 Å². The molecule has 9 aliphatic rings. The lowest BCUT2D eigenvalue weighted by Crippen LogP contribution is -2.56. The van der Waals surface area contributed by atoms with Gasteiger partial charge in [0.2, 0.25) is 37.4 Å². The molecule has 33 heteroatoms. The number of alkyl halides is 3. The first-order valence-electron chi connectivity index (χ1n) is 42.0. The average molecular weight is 1720 g/mol. The van der Waals surface area contributed by atoms with Gasteiger partial charge in [0.15, 0.2) is 0 Å². The molecule has 6 aromatic rings. The molecule has 3 aromatic carbocycles. The van der Waals surface area contributed by atoms with Gasteiger partial charge in [0, 0.05) is 126 Å². The number of anilines is 6. The second-order valence-corrected chi connectivity index (χ2v) is 33.9. The number of carbonyl (C=O) groups excluding carboxylic acids is 3. The standard InChI is InChI=1S/C30H35ClF3N7O2.C30H38FN7O2.C29H36ClN7O2/c1-5-26(42)41-12-11-40(16-21(41)14-35-3)28-22-9-10-39(25-8-6-7-23(31)27(25)30(32,33)34)17-24(22)36-29(37-28)43-18-20-13-19(2)15-38(20)4;1-6-28(39)38-15-14-37(17-23(38)16-32-4)29-24-11-13-36(27-10-9-25(31)20(2)21(27)3)18-26(24)33-30(34-29)40-19-22-8-7-12-35(22)5;1-5-26(38)37-15-14-36(17-22(37)16-31-3)28-23-11-13-35(25-10-6-8-20(2)27(25)30)18-24(23)32-29(33-28)39-19-21-9-7-12-34(21)4/h5-8,19-21H,1,9-18H2,2,4H3;6,9-10,22-23H,1,7-8,11-19H2,2-3,5H3;5-6,8,10,21-22H,1,7,9,11-19H2,2,4H3/t19-,20+,21+;22-,23-;21-,22-/m100/s1. The van der Waals surface area contributed by atoms with E-state index in [0.29, 0.717) is 152 Å². The summed E-state index contributed by atoms with van der Waals surface area (Å²) in [4.78, 5) is 102. The molecule has 9 aliphatic heterocycles. The highest BCUT2D eigenvalue weighted by atomic mass is 35.5. The first-order chi connectivity index (χ1) is 58.7. The number of amides is 3.